The first-order chi connectivity index (χ1) is 9.61. The number of aryl methyl sites for hydroxylation is 1. The van der Waals surface area contributed by atoms with Crippen molar-refractivity contribution >= 4 is 6.29 Å². The minimum Gasteiger partial charge on any atom is -0.303 e. The molecule has 0 bridgehead atoms. The van der Waals surface area contributed by atoms with E-state index in [2.05, 4.69) is 13.5 Å². The van der Waals surface area contributed by atoms with Gasteiger partial charge in [0, 0.05) is 6.42 Å². The summed E-state index contributed by atoms with van der Waals surface area (Å²) >= 11 is 0. The van der Waals surface area contributed by atoms with Crippen molar-refractivity contribution in [3.05, 3.63) is 47.5 Å². The van der Waals surface area contributed by atoms with Gasteiger partial charge in [0.2, 0.25) is 0 Å². The Morgan fingerprint density at radius 1 is 1.20 bits per heavy atom. The zero-order valence-corrected chi connectivity index (χ0v) is 13.0. The molecule has 0 spiro atoms. The van der Waals surface area contributed by atoms with Crippen LogP contribution in [0.25, 0.3) is 0 Å². The maximum atomic E-state index is 10.1. The second-order valence-electron chi connectivity index (χ2n) is 6.02. The van der Waals surface area contributed by atoms with E-state index in [0.29, 0.717) is 6.42 Å². The Bertz CT molecular complexity index is 396. The number of benzene rings is 1. The van der Waals surface area contributed by atoms with Gasteiger partial charge in [0.25, 0.3) is 0 Å². The largest absolute Gasteiger partial charge is 0.303 e. The highest BCUT2D eigenvalue weighted by Gasteiger charge is 2.12. The zero-order valence-electron chi connectivity index (χ0n) is 13.0. The maximum Gasteiger partial charge on any atom is 0.124 e. The van der Waals surface area contributed by atoms with Gasteiger partial charge in [0.05, 0.1) is 0 Å². The molecule has 0 aromatic heterocycles. The second kappa shape index (κ2) is 9.52. The fraction of sp³-hybridized carbons (Fsp3) is 0.526. The van der Waals surface area contributed by atoms with E-state index in [0.717, 1.165) is 17.8 Å². The third kappa shape index (κ3) is 7.28. The molecule has 1 heteroatoms. The van der Waals surface area contributed by atoms with Crippen molar-refractivity contribution in [1.29, 1.82) is 0 Å². The summed E-state index contributed by atoms with van der Waals surface area (Å²) in [7, 11) is 0. The van der Waals surface area contributed by atoms with Gasteiger partial charge in [-0.25, -0.2) is 0 Å². The van der Waals surface area contributed by atoms with Crippen molar-refractivity contribution in [2.24, 2.45) is 5.92 Å². The maximum absolute atomic E-state index is 10.1. The van der Waals surface area contributed by atoms with Crippen LogP contribution in [0.3, 0.4) is 0 Å². The lowest BCUT2D eigenvalue weighted by atomic mass is 9.85. The molecule has 0 unspecified atom stereocenters. The van der Waals surface area contributed by atoms with E-state index in [-0.39, 0.29) is 0 Å². The number of hydrogen-bond donors (Lipinski definition) is 0. The van der Waals surface area contributed by atoms with Crippen LogP contribution in [0.1, 0.15) is 56.6 Å². The third-order valence-electron chi connectivity index (χ3n) is 3.80. The summed E-state index contributed by atoms with van der Waals surface area (Å²) < 4.78 is 0. The van der Waals surface area contributed by atoms with Crippen LogP contribution in [0.4, 0.5) is 0 Å². The van der Waals surface area contributed by atoms with Crippen molar-refractivity contribution in [2.45, 2.75) is 58.8 Å². The van der Waals surface area contributed by atoms with Crippen molar-refractivity contribution in [2.75, 3.05) is 0 Å². The molecule has 0 radical (unpaired) electrons. The van der Waals surface area contributed by atoms with Gasteiger partial charge in [0.1, 0.15) is 6.29 Å². The van der Waals surface area contributed by atoms with Gasteiger partial charge in [-0.2, -0.15) is 0 Å². The van der Waals surface area contributed by atoms with E-state index in [1.54, 1.807) is 0 Å². The summed E-state index contributed by atoms with van der Waals surface area (Å²) in [4.78, 5) is 10.1. The summed E-state index contributed by atoms with van der Waals surface area (Å²) in [6, 6.07) is 7.98. The molecule has 0 aliphatic heterocycles. The minimum atomic E-state index is 0.528. The average Bonchev–Trinajstić information content (AvgIpc) is 2.43. The zero-order chi connectivity index (χ0) is 14.8. The smallest absolute Gasteiger partial charge is 0.124 e. The second-order valence-corrected chi connectivity index (χ2v) is 6.02. The molecule has 2 rings (SSSR count). The molecule has 1 aliphatic carbocycles. The molecule has 0 N–H and O–H groups in total. The Labute approximate surface area is 124 Å². The van der Waals surface area contributed by atoms with Gasteiger partial charge >= 0.3 is 0 Å². The fourth-order valence-corrected chi connectivity index (χ4v) is 2.70. The Kier molecular flexibility index (Phi) is 7.94. The summed E-state index contributed by atoms with van der Waals surface area (Å²) in [5.41, 5.74) is 3.68. The van der Waals surface area contributed by atoms with Gasteiger partial charge in [-0.3, -0.25) is 0 Å². The standard InChI is InChI=1S/C10H18.C9H10O/c1-9(2)8-10-6-4-3-5-7-10;1-8-2-4-9(5-3-8)6-7-10/h10H,1,3-8H2,2H3;2-5,7H,6H2,1H3. The number of allylic oxidation sites excluding steroid dienone is 1. The molecule has 0 saturated heterocycles. The summed E-state index contributed by atoms with van der Waals surface area (Å²) in [5, 5.41) is 0. The van der Waals surface area contributed by atoms with Crippen LogP contribution in [0.15, 0.2) is 36.4 Å². The van der Waals surface area contributed by atoms with Gasteiger partial charge in [-0.1, -0.05) is 67.5 Å². The number of carbonyl (C=O) groups excluding carboxylic acids is 1. The molecule has 0 heterocycles. The molecule has 1 aliphatic rings. The quantitative estimate of drug-likeness (QED) is 0.539. The molecule has 1 aromatic rings. The van der Waals surface area contributed by atoms with E-state index in [4.69, 9.17) is 0 Å². The van der Waals surface area contributed by atoms with Crippen LogP contribution >= 0.6 is 0 Å². The molecule has 110 valence electrons. The summed E-state index contributed by atoms with van der Waals surface area (Å²) in [5.74, 6) is 0.978. The first kappa shape index (κ1) is 16.7. The van der Waals surface area contributed by atoms with Gasteiger partial charge in [0.15, 0.2) is 0 Å². The first-order valence-corrected chi connectivity index (χ1v) is 7.75. The Morgan fingerprint density at radius 3 is 2.30 bits per heavy atom. The Morgan fingerprint density at radius 2 is 1.80 bits per heavy atom. The normalized spacial score (nSPS) is 15.1. The predicted octanol–water partition coefficient (Wildman–Crippen LogP) is 5.27. The lowest BCUT2D eigenvalue weighted by molar-refractivity contribution is -0.107. The van der Waals surface area contributed by atoms with E-state index in [1.165, 1.54) is 49.7 Å². The molecular weight excluding hydrogens is 244 g/mol. The highest BCUT2D eigenvalue weighted by Crippen LogP contribution is 2.27. The first-order valence-electron chi connectivity index (χ1n) is 7.75. The molecular formula is C19H28O. The van der Waals surface area contributed by atoms with Crippen molar-refractivity contribution < 1.29 is 4.79 Å². The number of rotatable bonds is 4. The molecule has 0 amide bonds. The van der Waals surface area contributed by atoms with Gasteiger partial charge < -0.3 is 4.79 Å². The van der Waals surface area contributed by atoms with Gasteiger partial charge in [-0.05, 0) is 31.7 Å². The fourth-order valence-electron chi connectivity index (χ4n) is 2.70. The molecule has 1 nitrogen and oxygen atoms in total. The molecule has 20 heavy (non-hydrogen) atoms. The van der Waals surface area contributed by atoms with E-state index < -0.39 is 0 Å². The average molecular weight is 272 g/mol. The number of carbonyl (C=O) groups is 1. The minimum absolute atomic E-state index is 0.528. The lowest BCUT2D eigenvalue weighted by Gasteiger charge is -2.21. The monoisotopic (exact) mass is 272 g/mol. The molecule has 1 fully saturated rings. The summed E-state index contributed by atoms with van der Waals surface area (Å²) in [6.45, 7) is 8.13. The van der Waals surface area contributed by atoms with Crippen molar-refractivity contribution in [1.82, 2.24) is 0 Å². The lowest BCUT2D eigenvalue weighted by Crippen LogP contribution is -2.05. The van der Waals surface area contributed by atoms with Crippen LogP contribution in [0, 0.1) is 12.8 Å². The van der Waals surface area contributed by atoms with E-state index in [1.807, 2.05) is 31.2 Å². The number of hydrogen-bond acceptors (Lipinski definition) is 1. The number of aldehydes is 1. The topological polar surface area (TPSA) is 17.1 Å². The SMILES string of the molecule is C=C(C)CC1CCCCC1.Cc1ccc(CC=O)cc1. The highest BCUT2D eigenvalue weighted by atomic mass is 16.1. The summed E-state index contributed by atoms with van der Waals surface area (Å²) in [6.07, 6.45) is 10.0. The third-order valence-corrected chi connectivity index (χ3v) is 3.80. The predicted molar refractivity (Wildman–Crippen MR) is 87.0 cm³/mol. The van der Waals surface area contributed by atoms with Crippen LogP contribution in [-0.2, 0) is 11.2 Å². The van der Waals surface area contributed by atoms with Crippen molar-refractivity contribution in [3.8, 4) is 0 Å². The molecule has 1 saturated carbocycles. The molecule has 0 atom stereocenters. The van der Waals surface area contributed by atoms with Crippen LogP contribution in [0.5, 0.6) is 0 Å². The van der Waals surface area contributed by atoms with Gasteiger partial charge in [-0.15, -0.1) is 6.58 Å². The molecule has 1 aromatic carbocycles. The van der Waals surface area contributed by atoms with Crippen LogP contribution in [0.2, 0.25) is 0 Å². The van der Waals surface area contributed by atoms with Crippen LogP contribution < -0.4 is 0 Å². The highest BCUT2D eigenvalue weighted by molar-refractivity contribution is 5.54. The van der Waals surface area contributed by atoms with Crippen LogP contribution in [-0.4, -0.2) is 6.29 Å². The Hall–Kier alpha value is -1.37. The van der Waals surface area contributed by atoms with E-state index >= 15 is 0 Å². The van der Waals surface area contributed by atoms with Crippen molar-refractivity contribution in [3.63, 3.8) is 0 Å². The van der Waals surface area contributed by atoms with E-state index in [9.17, 15) is 4.79 Å². The Balaban J connectivity index is 0.000000200.